The standard InChI is InChI=1S/C20H22N2O2S/c1-4-15(3)24-17-11-9-16(10-12-17)13-19-21-22(20(23)25-19)18-8-6-5-7-14(18)2/h5-12,15H,4,13H2,1-3H3. The number of aryl methyl sites for hydroxylation is 1. The summed E-state index contributed by atoms with van der Waals surface area (Å²) < 4.78 is 7.29. The van der Waals surface area contributed by atoms with E-state index in [-0.39, 0.29) is 11.0 Å². The second-order valence-electron chi connectivity index (χ2n) is 6.12. The Morgan fingerprint density at radius 2 is 1.88 bits per heavy atom. The number of rotatable bonds is 6. The molecule has 0 aliphatic carbocycles. The lowest BCUT2D eigenvalue weighted by molar-refractivity contribution is 0.217. The van der Waals surface area contributed by atoms with Crippen LogP contribution in [-0.4, -0.2) is 15.9 Å². The third-order valence-corrected chi connectivity index (χ3v) is 4.93. The molecular formula is C20H22N2O2S. The molecule has 0 bridgehead atoms. The van der Waals surface area contributed by atoms with E-state index in [0.717, 1.165) is 34.0 Å². The van der Waals surface area contributed by atoms with Crippen molar-refractivity contribution in [3.05, 3.63) is 74.3 Å². The fraction of sp³-hybridized carbons (Fsp3) is 0.300. The van der Waals surface area contributed by atoms with Crippen LogP contribution in [-0.2, 0) is 6.42 Å². The molecule has 1 aromatic heterocycles. The van der Waals surface area contributed by atoms with E-state index in [2.05, 4.69) is 18.9 Å². The molecule has 25 heavy (non-hydrogen) atoms. The molecule has 0 N–H and O–H groups in total. The van der Waals surface area contributed by atoms with Crippen molar-refractivity contribution < 1.29 is 4.74 Å². The number of aromatic nitrogens is 2. The Morgan fingerprint density at radius 3 is 2.56 bits per heavy atom. The zero-order valence-electron chi connectivity index (χ0n) is 14.7. The molecule has 0 spiro atoms. The topological polar surface area (TPSA) is 44.1 Å². The van der Waals surface area contributed by atoms with Gasteiger partial charge in [-0.15, -0.1) is 0 Å². The normalized spacial score (nSPS) is 12.1. The lowest BCUT2D eigenvalue weighted by Crippen LogP contribution is -2.13. The van der Waals surface area contributed by atoms with Gasteiger partial charge in [-0.3, -0.25) is 4.79 Å². The number of hydrogen-bond donors (Lipinski definition) is 0. The Balaban J connectivity index is 1.77. The minimum absolute atomic E-state index is 0.0546. The van der Waals surface area contributed by atoms with Crippen molar-refractivity contribution in [2.75, 3.05) is 0 Å². The van der Waals surface area contributed by atoms with Crippen LogP contribution in [0.5, 0.6) is 5.75 Å². The molecule has 3 aromatic rings. The summed E-state index contributed by atoms with van der Waals surface area (Å²) in [5.41, 5.74) is 2.99. The zero-order valence-corrected chi connectivity index (χ0v) is 15.5. The van der Waals surface area contributed by atoms with E-state index in [1.807, 2.05) is 55.5 Å². The van der Waals surface area contributed by atoms with E-state index in [9.17, 15) is 4.79 Å². The van der Waals surface area contributed by atoms with E-state index >= 15 is 0 Å². The van der Waals surface area contributed by atoms with Gasteiger partial charge in [-0.05, 0) is 49.6 Å². The molecule has 0 fully saturated rings. The zero-order chi connectivity index (χ0) is 17.8. The first-order chi connectivity index (χ1) is 12.1. The highest BCUT2D eigenvalue weighted by Crippen LogP contribution is 2.18. The summed E-state index contributed by atoms with van der Waals surface area (Å²) in [6.07, 6.45) is 1.83. The predicted octanol–water partition coefficient (Wildman–Crippen LogP) is 4.37. The molecular weight excluding hydrogens is 332 g/mol. The summed E-state index contributed by atoms with van der Waals surface area (Å²) in [7, 11) is 0. The molecule has 3 rings (SSSR count). The quantitative estimate of drug-likeness (QED) is 0.660. The van der Waals surface area contributed by atoms with Crippen LogP contribution in [0.15, 0.2) is 53.3 Å². The first-order valence-electron chi connectivity index (χ1n) is 8.47. The van der Waals surface area contributed by atoms with Crippen LogP contribution >= 0.6 is 11.3 Å². The van der Waals surface area contributed by atoms with Crippen LogP contribution in [0.2, 0.25) is 0 Å². The van der Waals surface area contributed by atoms with Gasteiger partial charge >= 0.3 is 4.87 Å². The third kappa shape index (κ3) is 4.17. The minimum Gasteiger partial charge on any atom is -0.491 e. The molecule has 5 heteroatoms. The van der Waals surface area contributed by atoms with Crippen molar-refractivity contribution in [1.82, 2.24) is 9.78 Å². The maximum absolute atomic E-state index is 12.3. The summed E-state index contributed by atoms with van der Waals surface area (Å²) in [5.74, 6) is 0.872. The van der Waals surface area contributed by atoms with Gasteiger partial charge in [0.2, 0.25) is 0 Å². The smallest absolute Gasteiger partial charge is 0.329 e. The lowest BCUT2D eigenvalue weighted by atomic mass is 10.1. The maximum Gasteiger partial charge on any atom is 0.329 e. The van der Waals surface area contributed by atoms with Gasteiger partial charge in [0, 0.05) is 6.42 Å². The molecule has 0 saturated carbocycles. The Morgan fingerprint density at radius 1 is 1.16 bits per heavy atom. The predicted molar refractivity (Wildman–Crippen MR) is 102 cm³/mol. The second kappa shape index (κ2) is 7.66. The number of nitrogens with zero attached hydrogens (tertiary/aromatic N) is 2. The summed E-state index contributed by atoms with van der Waals surface area (Å²) in [5, 5.41) is 5.32. The molecule has 0 amide bonds. The molecule has 1 unspecified atom stereocenters. The van der Waals surface area contributed by atoms with Crippen molar-refractivity contribution in [3.8, 4) is 11.4 Å². The number of benzene rings is 2. The maximum atomic E-state index is 12.3. The molecule has 0 aliphatic rings. The van der Waals surface area contributed by atoms with E-state index in [1.54, 1.807) is 0 Å². The van der Waals surface area contributed by atoms with E-state index in [0.29, 0.717) is 6.42 Å². The van der Waals surface area contributed by atoms with Crippen LogP contribution in [0.25, 0.3) is 5.69 Å². The molecule has 1 atom stereocenters. The number of para-hydroxylation sites is 1. The summed E-state index contributed by atoms with van der Waals surface area (Å²) >= 11 is 1.20. The van der Waals surface area contributed by atoms with Gasteiger partial charge in [-0.2, -0.15) is 9.78 Å². The highest BCUT2D eigenvalue weighted by molar-refractivity contribution is 7.08. The average Bonchev–Trinajstić information content (AvgIpc) is 2.97. The molecule has 1 heterocycles. The third-order valence-electron chi connectivity index (χ3n) is 4.12. The number of hydrogen-bond acceptors (Lipinski definition) is 4. The van der Waals surface area contributed by atoms with Crippen molar-refractivity contribution in [2.45, 2.75) is 39.7 Å². The first kappa shape index (κ1) is 17.4. The lowest BCUT2D eigenvalue weighted by Gasteiger charge is -2.12. The van der Waals surface area contributed by atoms with Gasteiger partial charge in [0.15, 0.2) is 0 Å². The summed E-state index contributed by atoms with van der Waals surface area (Å²) in [6.45, 7) is 6.14. The van der Waals surface area contributed by atoms with Gasteiger partial charge in [-0.25, -0.2) is 0 Å². The molecule has 130 valence electrons. The Kier molecular flexibility index (Phi) is 5.34. The average molecular weight is 354 g/mol. The van der Waals surface area contributed by atoms with Crippen LogP contribution in [0.1, 0.15) is 36.4 Å². The van der Waals surface area contributed by atoms with E-state index in [1.165, 1.54) is 16.0 Å². The van der Waals surface area contributed by atoms with Crippen molar-refractivity contribution >= 4 is 11.3 Å². The monoisotopic (exact) mass is 354 g/mol. The number of ether oxygens (including phenoxy) is 1. The van der Waals surface area contributed by atoms with Crippen LogP contribution in [0.4, 0.5) is 0 Å². The van der Waals surface area contributed by atoms with Gasteiger partial charge < -0.3 is 4.74 Å². The first-order valence-corrected chi connectivity index (χ1v) is 9.29. The SMILES string of the molecule is CCC(C)Oc1ccc(Cc2nn(-c3ccccc3C)c(=O)s2)cc1. The molecule has 2 aromatic carbocycles. The van der Waals surface area contributed by atoms with Crippen LogP contribution in [0, 0.1) is 6.92 Å². The Labute approximate surface area is 151 Å². The fourth-order valence-corrected chi connectivity index (χ4v) is 3.31. The van der Waals surface area contributed by atoms with Crippen molar-refractivity contribution in [1.29, 1.82) is 0 Å². The Hall–Kier alpha value is -2.40. The van der Waals surface area contributed by atoms with Gasteiger partial charge in [0.05, 0.1) is 11.8 Å². The summed E-state index contributed by atoms with van der Waals surface area (Å²) in [6, 6.07) is 15.8. The van der Waals surface area contributed by atoms with Gasteiger partial charge in [0.1, 0.15) is 10.8 Å². The molecule has 0 saturated heterocycles. The second-order valence-corrected chi connectivity index (χ2v) is 7.14. The van der Waals surface area contributed by atoms with Gasteiger partial charge in [0.25, 0.3) is 0 Å². The fourth-order valence-electron chi connectivity index (χ4n) is 2.52. The highest BCUT2D eigenvalue weighted by Gasteiger charge is 2.10. The minimum atomic E-state index is -0.0546. The van der Waals surface area contributed by atoms with Crippen LogP contribution < -0.4 is 9.61 Å². The summed E-state index contributed by atoms with van der Waals surface area (Å²) in [4.78, 5) is 12.2. The molecule has 4 nitrogen and oxygen atoms in total. The van der Waals surface area contributed by atoms with E-state index < -0.39 is 0 Å². The Bertz CT molecular complexity index is 897. The highest BCUT2D eigenvalue weighted by atomic mass is 32.1. The largest absolute Gasteiger partial charge is 0.491 e. The molecule has 0 radical (unpaired) electrons. The van der Waals surface area contributed by atoms with Crippen molar-refractivity contribution in [2.24, 2.45) is 0 Å². The van der Waals surface area contributed by atoms with Crippen LogP contribution in [0.3, 0.4) is 0 Å². The van der Waals surface area contributed by atoms with Crippen molar-refractivity contribution in [3.63, 3.8) is 0 Å². The van der Waals surface area contributed by atoms with Gasteiger partial charge in [-0.1, -0.05) is 48.6 Å². The van der Waals surface area contributed by atoms with E-state index in [4.69, 9.17) is 4.74 Å². The molecule has 0 aliphatic heterocycles.